The van der Waals surface area contributed by atoms with Crippen LogP contribution < -0.4 is 9.47 Å². The number of rotatable bonds is 8. The number of amides is 3. The first-order valence-electron chi connectivity index (χ1n) is 12.7. The Bertz CT molecular complexity index is 1440. The fourth-order valence-corrected chi connectivity index (χ4v) is 5.65. The highest BCUT2D eigenvalue weighted by molar-refractivity contribution is 8.18. The predicted molar refractivity (Wildman–Crippen MR) is 152 cm³/mol. The molecule has 3 amide bonds. The number of benzene rings is 3. The molecule has 0 aromatic heterocycles. The van der Waals surface area contributed by atoms with Crippen molar-refractivity contribution in [3.05, 3.63) is 98.9 Å². The van der Waals surface area contributed by atoms with Crippen LogP contribution in [0.1, 0.15) is 29.2 Å². The lowest BCUT2D eigenvalue weighted by Crippen LogP contribution is -2.44. The van der Waals surface area contributed by atoms with E-state index in [4.69, 9.17) is 21.1 Å². The summed E-state index contributed by atoms with van der Waals surface area (Å²) in [5, 5.41) is -0.154. The van der Waals surface area contributed by atoms with Crippen LogP contribution in [0.25, 0.3) is 6.08 Å². The number of carbonyl (C=O) groups excluding carboxylic acids is 3. The van der Waals surface area contributed by atoms with Gasteiger partial charge in [-0.15, -0.1) is 0 Å². The quantitative estimate of drug-likeness (QED) is 0.316. The highest BCUT2D eigenvalue weighted by Gasteiger charge is 2.37. The Morgan fingerprint density at radius 2 is 1.77 bits per heavy atom. The molecule has 2 heterocycles. The summed E-state index contributed by atoms with van der Waals surface area (Å²) < 4.78 is 11.7. The van der Waals surface area contributed by atoms with Gasteiger partial charge < -0.3 is 14.4 Å². The SMILES string of the molecule is CCOc1cc(/C=C2\SC(=O)N(CC(=O)N3CCc4ccccc4C3)C2=O)cc(Cl)c1OCc1ccccc1. The smallest absolute Gasteiger partial charge is 0.294 e. The summed E-state index contributed by atoms with van der Waals surface area (Å²) in [5.74, 6) is 0.0807. The van der Waals surface area contributed by atoms with Crippen molar-refractivity contribution in [3.8, 4) is 11.5 Å². The van der Waals surface area contributed by atoms with Gasteiger partial charge in [0, 0.05) is 13.1 Å². The van der Waals surface area contributed by atoms with E-state index in [1.165, 1.54) is 5.56 Å². The van der Waals surface area contributed by atoms with Gasteiger partial charge in [0.1, 0.15) is 13.2 Å². The summed E-state index contributed by atoms with van der Waals surface area (Å²) in [6, 6.07) is 21.1. The molecular weight excluding hydrogens is 536 g/mol. The first-order valence-corrected chi connectivity index (χ1v) is 13.9. The van der Waals surface area contributed by atoms with Gasteiger partial charge in [0.2, 0.25) is 5.91 Å². The maximum atomic E-state index is 13.1. The maximum absolute atomic E-state index is 13.1. The van der Waals surface area contributed by atoms with E-state index in [2.05, 4.69) is 6.07 Å². The molecule has 0 spiro atoms. The van der Waals surface area contributed by atoms with Crippen molar-refractivity contribution in [2.75, 3.05) is 19.7 Å². The predicted octanol–water partition coefficient (Wildman–Crippen LogP) is 5.94. The highest BCUT2D eigenvalue weighted by atomic mass is 35.5. The van der Waals surface area contributed by atoms with Crippen LogP contribution in [-0.2, 0) is 29.2 Å². The number of carbonyl (C=O) groups is 3. The zero-order valence-electron chi connectivity index (χ0n) is 21.4. The van der Waals surface area contributed by atoms with E-state index in [0.29, 0.717) is 48.4 Å². The molecule has 39 heavy (non-hydrogen) atoms. The van der Waals surface area contributed by atoms with Gasteiger partial charge in [-0.1, -0.05) is 66.2 Å². The fourth-order valence-electron chi connectivity index (χ4n) is 4.54. The Balaban J connectivity index is 1.29. The molecule has 3 aromatic carbocycles. The molecule has 0 saturated carbocycles. The van der Waals surface area contributed by atoms with Crippen LogP contribution >= 0.6 is 23.4 Å². The molecule has 0 bridgehead atoms. The first-order chi connectivity index (χ1) is 18.9. The summed E-state index contributed by atoms with van der Waals surface area (Å²) in [6.07, 6.45) is 2.33. The molecule has 2 aliphatic heterocycles. The Kier molecular flexibility index (Phi) is 8.24. The van der Waals surface area contributed by atoms with Crippen molar-refractivity contribution < 1.29 is 23.9 Å². The van der Waals surface area contributed by atoms with Gasteiger partial charge >= 0.3 is 0 Å². The molecular formula is C30H27ClN2O5S. The van der Waals surface area contributed by atoms with Crippen molar-refractivity contribution in [2.45, 2.75) is 26.5 Å². The van der Waals surface area contributed by atoms with Crippen LogP contribution in [0.3, 0.4) is 0 Å². The third-order valence-corrected chi connectivity index (χ3v) is 7.69. The van der Waals surface area contributed by atoms with E-state index in [1.807, 2.05) is 55.5 Å². The molecule has 1 fully saturated rings. The van der Waals surface area contributed by atoms with Crippen LogP contribution in [-0.4, -0.2) is 46.5 Å². The van der Waals surface area contributed by atoms with Crippen molar-refractivity contribution >= 4 is 46.5 Å². The summed E-state index contributed by atoms with van der Waals surface area (Å²) in [7, 11) is 0. The Morgan fingerprint density at radius 1 is 1.03 bits per heavy atom. The van der Waals surface area contributed by atoms with Crippen molar-refractivity contribution in [2.24, 2.45) is 0 Å². The van der Waals surface area contributed by atoms with Crippen LogP contribution in [0.2, 0.25) is 5.02 Å². The topological polar surface area (TPSA) is 76.2 Å². The molecule has 0 atom stereocenters. The van der Waals surface area contributed by atoms with E-state index >= 15 is 0 Å². The normalized spacial score (nSPS) is 16.0. The van der Waals surface area contributed by atoms with E-state index < -0.39 is 11.1 Å². The van der Waals surface area contributed by atoms with E-state index in [1.54, 1.807) is 23.1 Å². The fraction of sp³-hybridized carbons (Fsp3) is 0.233. The third kappa shape index (κ3) is 6.13. The molecule has 7 nitrogen and oxygen atoms in total. The van der Waals surface area contributed by atoms with Crippen LogP contribution in [0.15, 0.2) is 71.6 Å². The summed E-state index contributed by atoms with van der Waals surface area (Å²) in [4.78, 5) is 41.7. The van der Waals surface area contributed by atoms with E-state index in [-0.39, 0.29) is 17.4 Å². The minimum atomic E-state index is -0.505. The highest BCUT2D eigenvalue weighted by Crippen LogP contribution is 2.39. The Morgan fingerprint density at radius 3 is 2.54 bits per heavy atom. The average Bonchev–Trinajstić information content (AvgIpc) is 3.20. The zero-order chi connectivity index (χ0) is 27.4. The molecule has 0 radical (unpaired) electrons. The van der Waals surface area contributed by atoms with Gasteiger partial charge in [0.15, 0.2) is 11.5 Å². The third-order valence-electron chi connectivity index (χ3n) is 6.51. The Labute approximate surface area is 236 Å². The number of ether oxygens (including phenoxy) is 2. The van der Waals surface area contributed by atoms with Crippen molar-refractivity contribution in [1.29, 1.82) is 0 Å². The lowest BCUT2D eigenvalue weighted by Gasteiger charge is -2.29. The van der Waals surface area contributed by atoms with Crippen molar-refractivity contribution in [1.82, 2.24) is 9.80 Å². The number of imide groups is 1. The molecule has 0 aliphatic carbocycles. The summed E-state index contributed by atoms with van der Waals surface area (Å²) in [6.45, 7) is 3.29. The lowest BCUT2D eigenvalue weighted by atomic mass is 10.00. The molecule has 2 aliphatic rings. The number of thioether (sulfide) groups is 1. The van der Waals surface area contributed by atoms with Gasteiger partial charge in [-0.3, -0.25) is 19.3 Å². The van der Waals surface area contributed by atoms with E-state index in [0.717, 1.165) is 34.2 Å². The monoisotopic (exact) mass is 562 g/mol. The van der Waals surface area contributed by atoms with Crippen molar-refractivity contribution in [3.63, 3.8) is 0 Å². The molecule has 3 aromatic rings. The second-order valence-corrected chi connectivity index (χ2v) is 10.5. The lowest BCUT2D eigenvalue weighted by molar-refractivity contribution is -0.136. The van der Waals surface area contributed by atoms with Crippen LogP contribution in [0, 0.1) is 0 Å². The number of hydrogen-bond acceptors (Lipinski definition) is 6. The summed E-state index contributed by atoms with van der Waals surface area (Å²) in [5.41, 5.74) is 3.87. The van der Waals surface area contributed by atoms with Crippen LogP contribution in [0.5, 0.6) is 11.5 Å². The van der Waals surface area contributed by atoms with Gasteiger partial charge in [-0.05, 0) is 65.6 Å². The van der Waals surface area contributed by atoms with Gasteiger partial charge in [-0.2, -0.15) is 0 Å². The molecule has 9 heteroatoms. The molecule has 1 saturated heterocycles. The first kappa shape index (κ1) is 26.8. The van der Waals surface area contributed by atoms with Gasteiger partial charge in [0.05, 0.1) is 16.5 Å². The average molecular weight is 563 g/mol. The molecule has 200 valence electrons. The second kappa shape index (κ2) is 12.0. The maximum Gasteiger partial charge on any atom is 0.294 e. The molecule has 0 unspecified atom stereocenters. The number of fused-ring (bicyclic) bond motifs is 1. The standard InChI is InChI=1S/C30H27ClN2O5S/c1-2-37-25-15-21(14-24(31)28(25)38-19-20-8-4-3-5-9-20)16-26-29(35)33(30(36)39-26)18-27(34)32-13-12-22-10-6-7-11-23(22)17-32/h3-11,14-16H,2,12-13,17-19H2,1H3/b26-16-. The number of nitrogens with zero attached hydrogens (tertiary/aromatic N) is 2. The van der Waals surface area contributed by atoms with Gasteiger partial charge in [-0.25, -0.2) is 0 Å². The van der Waals surface area contributed by atoms with E-state index in [9.17, 15) is 14.4 Å². The summed E-state index contributed by atoms with van der Waals surface area (Å²) >= 11 is 7.36. The second-order valence-electron chi connectivity index (χ2n) is 9.14. The Hall–Kier alpha value is -3.75. The van der Waals surface area contributed by atoms with Crippen LogP contribution in [0.4, 0.5) is 4.79 Å². The largest absolute Gasteiger partial charge is 0.490 e. The van der Waals surface area contributed by atoms with Gasteiger partial charge in [0.25, 0.3) is 11.1 Å². The minimum Gasteiger partial charge on any atom is -0.490 e. The number of halogens is 1. The number of hydrogen-bond donors (Lipinski definition) is 0. The minimum absolute atomic E-state index is 0.216. The molecule has 0 N–H and O–H groups in total. The molecule has 5 rings (SSSR count). The zero-order valence-corrected chi connectivity index (χ0v) is 23.0.